The van der Waals surface area contributed by atoms with Crippen LogP contribution in [0.4, 0.5) is 11.4 Å². The van der Waals surface area contributed by atoms with Crippen LogP contribution in [0.15, 0.2) is 53.5 Å². The molecule has 0 radical (unpaired) electrons. The number of carbonyl (C=O) groups excluding carboxylic acids is 2. The van der Waals surface area contributed by atoms with Gasteiger partial charge >= 0.3 is 5.97 Å². The number of aliphatic imine (C=N–C) groups is 1. The Balaban J connectivity index is 1.57. The average Bonchev–Trinajstić information content (AvgIpc) is 3.26. The maximum absolute atomic E-state index is 13.1. The fraction of sp³-hybridized carbons (Fsp3) is 0.348. The first kappa shape index (κ1) is 23.3. The minimum atomic E-state index is -3.08. The molecule has 0 aromatic heterocycles. The highest BCUT2D eigenvalue weighted by molar-refractivity contribution is 8.15. The summed E-state index contributed by atoms with van der Waals surface area (Å²) in [5.41, 5.74) is 2.46. The zero-order valence-corrected chi connectivity index (χ0v) is 20.0. The van der Waals surface area contributed by atoms with Crippen LogP contribution >= 0.6 is 11.8 Å². The number of hydrogen-bond donors (Lipinski definition) is 1. The first-order valence-electron chi connectivity index (χ1n) is 10.6. The predicted octanol–water partition coefficient (Wildman–Crippen LogP) is 2.89. The highest BCUT2D eigenvalue weighted by Gasteiger charge is 2.44. The van der Waals surface area contributed by atoms with Crippen LogP contribution in [-0.2, 0) is 19.4 Å². The number of anilines is 2. The van der Waals surface area contributed by atoms with Crippen LogP contribution < -0.4 is 10.2 Å². The van der Waals surface area contributed by atoms with E-state index in [4.69, 9.17) is 4.74 Å². The summed E-state index contributed by atoms with van der Waals surface area (Å²) in [5.74, 6) is -0.708. The van der Waals surface area contributed by atoms with Crippen LogP contribution in [0.1, 0.15) is 22.8 Å². The molecule has 1 N–H and O–H groups in total. The number of esters is 1. The first-order valence-corrected chi connectivity index (χ1v) is 13.3. The van der Waals surface area contributed by atoms with Crippen molar-refractivity contribution in [2.45, 2.75) is 25.1 Å². The summed E-state index contributed by atoms with van der Waals surface area (Å²) in [4.78, 5) is 31.8. The number of aryl methyl sites for hydroxylation is 1. The Morgan fingerprint density at radius 1 is 1.18 bits per heavy atom. The fourth-order valence-corrected chi connectivity index (χ4v) is 7.63. The van der Waals surface area contributed by atoms with Crippen molar-refractivity contribution in [2.75, 3.05) is 34.9 Å². The van der Waals surface area contributed by atoms with Crippen molar-refractivity contribution in [2.24, 2.45) is 4.99 Å². The number of carbonyl (C=O) groups is 2. The Morgan fingerprint density at radius 3 is 2.70 bits per heavy atom. The molecule has 0 aliphatic carbocycles. The molecule has 1 amide bonds. The Morgan fingerprint density at radius 2 is 1.97 bits per heavy atom. The quantitative estimate of drug-likeness (QED) is 0.625. The molecule has 2 atom stereocenters. The van der Waals surface area contributed by atoms with Gasteiger partial charge in [0.1, 0.15) is 6.54 Å². The van der Waals surface area contributed by atoms with E-state index in [0.717, 1.165) is 11.3 Å². The van der Waals surface area contributed by atoms with Gasteiger partial charge in [-0.3, -0.25) is 9.79 Å². The summed E-state index contributed by atoms with van der Waals surface area (Å²) in [7, 11) is -3.08. The second-order valence-electron chi connectivity index (χ2n) is 7.95. The van der Waals surface area contributed by atoms with Gasteiger partial charge in [0, 0.05) is 10.9 Å². The van der Waals surface area contributed by atoms with Gasteiger partial charge in [-0.25, -0.2) is 13.2 Å². The van der Waals surface area contributed by atoms with Gasteiger partial charge in [0.25, 0.3) is 0 Å². The molecular weight excluding hydrogens is 462 g/mol. The third kappa shape index (κ3) is 5.39. The van der Waals surface area contributed by atoms with E-state index in [2.05, 4.69) is 10.3 Å². The third-order valence-corrected chi connectivity index (χ3v) is 8.60. The number of nitrogens with zero attached hydrogens (tertiary/aromatic N) is 2. The number of benzene rings is 2. The van der Waals surface area contributed by atoms with Crippen molar-refractivity contribution in [3.05, 3.63) is 59.7 Å². The fourth-order valence-electron chi connectivity index (χ4n) is 3.85. The summed E-state index contributed by atoms with van der Waals surface area (Å²) in [6.45, 7) is 3.87. The van der Waals surface area contributed by atoms with Gasteiger partial charge in [0.15, 0.2) is 15.0 Å². The van der Waals surface area contributed by atoms with Gasteiger partial charge in [0.2, 0.25) is 5.91 Å². The Kier molecular flexibility index (Phi) is 6.76. The summed E-state index contributed by atoms with van der Waals surface area (Å²) in [6.07, 6.45) is 0. The molecule has 1 saturated heterocycles. The van der Waals surface area contributed by atoms with Crippen LogP contribution in [0.5, 0.6) is 0 Å². The van der Waals surface area contributed by atoms with E-state index in [0.29, 0.717) is 10.9 Å². The number of fused-ring (bicyclic) bond motifs is 1. The lowest BCUT2D eigenvalue weighted by Gasteiger charge is -2.24. The molecule has 2 heterocycles. The number of amidine groups is 1. The topological polar surface area (TPSA) is 105 Å². The molecule has 174 valence electrons. The number of amides is 1. The lowest BCUT2D eigenvalue weighted by Crippen LogP contribution is -2.37. The van der Waals surface area contributed by atoms with Crippen molar-refractivity contribution >= 4 is 50.0 Å². The van der Waals surface area contributed by atoms with Crippen molar-refractivity contribution in [1.29, 1.82) is 0 Å². The van der Waals surface area contributed by atoms with Crippen molar-refractivity contribution < 1.29 is 22.7 Å². The van der Waals surface area contributed by atoms with E-state index in [9.17, 15) is 18.0 Å². The summed E-state index contributed by atoms with van der Waals surface area (Å²) in [6, 6.07) is 14.1. The zero-order valence-electron chi connectivity index (χ0n) is 18.4. The number of rotatable bonds is 6. The second-order valence-corrected chi connectivity index (χ2v) is 11.3. The molecule has 2 aromatic carbocycles. The minimum Gasteiger partial charge on any atom is -0.462 e. The van der Waals surface area contributed by atoms with Gasteiger partial charge in [-0.05, 0) is 43.7 Å². The van der Waals surface area contributed by atoms with Gasteiger partial charge in [-0.1, -0.05) is 36.0 Å². The van der Waals surface area contributed by atoms with E-state index in [1.807, 2.05) is 31.2 Å². The van der Waals surface area contributed by atoms with Crippen molar-refractivity contribution in [3.63, 3.8) is 0 Å². The SMILES string of the molecule is CCOC(=O)c1ccccc1NC(=O)CN(C1=N[C@H]2CS(=O)(=O)C[C@H]2S1)c1cccc(C)c1. The summed E-state index contributed by atoms with van der Waals surface area (Å²) < 4.78 is 29.0. The maximum Gasteiger partial charge on any atom is 0.340 e. The first-order chi connectivity index (χ1) is 15.8. The number of nitrogens with one attached hydrogen (secondary N) is 1. The number of ether oxygens (including phenoxy) is 1. The molecule has 0 unspecified atom stereocenters. The van der Waals surface area contributed by atoms with Crippen molar-refractivity contribution in [1.82, 2.24) is 0 Å². The molecule has 0 bridgehead atoms. The second kappa shape index (κ2) is 9.56. The highest BCUT2D eigenvalue weighted by Crippen LogP contribution is 2.37. The summed E-state index contributed by atoms with van der Waals surface area (Å²) >= 11 is 1.40. The predicted molar refractivity (Wildman–Crippen MR) is 131 cm³/mol. The molecule has 2 aromatic rings. The van der Waals surface area contributed by atoms with E-state index in [1.54, 1.807) is 36.1 Å². The molecular formula is C23H25N3O5S2. The van der Waals surface area contributed by atoms with E-state index in [1.165, 1.54) is 11.8 Å². The lowest BCUT2D eigenvalue weighted by atomic mass is 10.1. The molecule has 2 aliphatic rings. The van der Waals surface area contributed by atoms with Crippen LogP contribution in [0.2, 0.25) is 0 Å². The van der Waals surface area contributed by atoms with Gasteiger partial charge in [-0.15, -0.1) is 0 Å². The van der Waals surface area contributed by atoms with E-state index >= 15 is 0 Å². The number of hydrogen-bond acceptors (Lipinski definition) is 8. The van der Waals surface area contributed by atoms with E-state index in [-0.39, 0.29) is 47.4 Å². The highest BCUT2D eigenvalue weighted by atomic mass is 32.2. The zero-order chi connectivity index (χ0) is 23.6. The molecule has 2 aliphatic heterocycles. The lowest BCUT2D eigenvalue weighted by molar-refractivity contribution is -0.114. The largest absolute Gasteiger partial charge is 0.462 e. The molecule has 8 nitrogen and oxygen atoms in total. The summed E-state index contributed by atoms with van der Waals surface area (Å²) in [5, 5.41) is 3.30. The van der Waals surface area contributed by atoms with E-state index < -0.39 is 15.8 Å². The smallest absolute Gasteiger partial charge is 0.340 e. The van der Waals surface area contributed by atoms with Crippen molar-refractivity contribution in [3.8, 4) is 0 Å². The molecule has 10 heteroatoms. The monoisotopic (exact) mass is 487 g/mol. The molecule has 4 rings (SSSR count). The molecule has 1 fully saturated rings. The number of thioether (sulfide) groups is 1. The Labute approximate surface area is 197 Å². The van der Waals surface area contributed by atoms with Crippen LogP contribution in [0.25, 0.3) is 0 Å². The third-order valence-electron chi connectivity index (χ3n) is 5.35. The number of para-hydroxylation sites is 1. The minimum absolute atomic E-state index is 0.0366. The average molecular weight is 488 g/mol. The Bertz CT molecular complexity index is 1210. The van der Waals surface area contributed by atoms with Crippen LogP contribution in [0.3, 0.4) is 0 Å². The Hall–Kier alpha value is -2.85. The number of sulfone groups is 1. The van der Waals surface area contributed by atoms with Gasteiger partial charge in [-0.2, -0.15) is 0 Å². The molecule has 0 saturated carbocycles. The molecule has 33 heavy (non-hydrogen) atoms. The van der Waals surface area contributed by atoms with Crippen LogP contribution in [0, 0.1) is 6.92 Å². The maximum atomic E-state index is 13.1. The van der Waals surface area contributed by atoms with Crippen LogP contribution in [-0.4, -0.2) is 61.4 Å². The van der Waals surface area contributed by atoms with Gasteiger partial charge < -0.3 is 15.0 Å². The normalized spacial score (nSPS) is 20.6. The molecule has 0 spiro atoms. The van der Waals surface area contributed by atoms with Gasteiger partial charge in [0.05, 0.1) is 35.4 Å². The standard InChI is InChI=1S/C23H25N3O5S2/c1-3-31-22(28)17-9-4-5-10-18(17)24-21(27)12-26(16-8-6-7-15(2)11-16)23-25-19-13-33(29,30)14-20(19)32-23/h4-11,19-20H,3,12-14H2,1-2H3,(H,24,27)/t19-,20+/m0/s1.